The van der Waals surface area contributed by atoms with E-state index in [1.54, 1.807) is 0 Å². The number of aromatic nitrogens is 2. The number of nitrogens with zero attached hydrogens (tertiary/aromatic N) is 4. The average Bonchev–Trinajstić information content (AvgIpc) is 2.48. The molecule has 1 fully saturated rings. The molecule has 1 aromatic rings. The van der Waals surface area contributed by atoms with Gasteiger partial charge < -0.3 is 14.4 Å². The maximum atomic E-state index is 12.6. The number of carbonyl (C=O) groups excluding carboxylic acids is 1. The Bertz CT molecular complexity index is 495. The van der Waals surface area contributed by atoms with Gasteiger partial charge in [-0.25, -0.2) is 4.98 Å². The SMILES string of the molecule is COc1cnc(C(=O)C2CN(C)CCN2C)c(OC)n1. The van der Waals surface area contributed by atoms with Crippen molar-refractivity contribution in [3.05, 3.63) is 11.9 Å². The van der Waals surface area contributed by atoms with Crippen molar-refractivity contribution >= 4 is 5.78 Å². The highest BCUT2D eigenvalue weighted by molar-refractivity contribution is 6.00. The largest absolute Gasteiger partial charge is 0.480 e. The fourth-order valence-corrected chi connectivity index (χ4v) is 2.22. The van der Waals surface area contributed by atoms with E-state index in [1.807, 2.05) is 19.0 Å². The molecule has 1 aliphatic rings. The van der Waals surface area contributed by atoms with E-state index in [0.717, 1.165) is 13.1 Å². The summed E-state index contributed by atoms with van der Waals surface area (Å²) in [5.74, 6) is 0.453. The van der Waals surface area contributed by atoms with E-state index in [1.165, 1.54) is 20.4 Å². The van der Waals surface area contributed by atoms with Crippen molar-refractivity contribution in [1.82, 2.24) is 19.8 Å². The summed E-state index contributed by atoms with van der Waals surface area (Å²) in [5, 5.41) is 0. The highest BCUT2D eigenvalue weighted by Gasteiger charge is 2.32. The average molecular weight is 280 g/mol. The van der Waals surface area contributed by atoms with Crippen molar-refractivity contribution in [2.75, 3.05) is 47.9 Å². The van der Waals surface area contributed by atoms with Gasteiger partial charge in [0.05, 0.1) is 26.5 Å². The van der Waals surface area contributed by atoms with Crippen LogP contribution in [0.4, 0.5) is 0 Å². The highest BCUT2D eigenvalue weighted by Crippen LogP contribution is 2.20. The first-order chi connectivity index (χ1) is 9.56. The first-order valence-corrected chi connectivity index (χ1v) is 6.44. The van der Waals surface area contributed by atoms with E-state index in [9.17, 15) is 4.79 Å². The maximum Gasteiger partial charge on any atom is 0.246 e. The van der Waals surface area contributed by atoms with Gasteiger partial charge in [0, 0.05) is 19.6 Å². The Kier molecular flexibility index (Phi) is 4.51. The van der Waals surface area contributed by atoms with Crippen LogP contribution in [0.1, 0.15) is 10.5 Å². The van der Waals surface area contributed by atoms with Gasteiger partial charge in [-0.2, -0.15) is 4.98 Å². The van der Waals surface area contributed by atoms with Crippen LogP contribution in [-0.4, -0.2) is 79.5 Å². The van der Waals surface area contributed by atoms with Gasteiger partial charge in [0.1, 0.15) is 0 Å². The monoisotopic (exact) mass is 280 g/mol. The minimum absolute atomic E-state index is 0.0777. The summed E-state index contributed by atoms with van der Waals surface area (Å²) in [5.41, 5.74) is 0.250. The topological polar surface area (TPSA) is 67.8 Å². The summed E-state index contributed by atoms with van der Waals surface area (Å²) in [7, 11) is 6.91. The zero-order valence-electron chi connectivity index (χ0n) is 12.3. The normalized spacial score (nSPS) is 20.7. The van der Waals surface area contributed by atoms with Crippen molar-refractivity contribution in [2.45, 2.75) is 6.04 Å². The Labute approximate surface area is 118 Å². The fraction of sp³-hybridized carbons (Fsp3) is 0.615. The zero-order valence-corrected chi connectivity index (χ0v) is 12.3. The molecule has 1 saturated heterocycles. The van der Waals surface area contributed by atoms with Crippen LogP contribution >= 0.6 is 0 Å². The van der Waals surface area contributed by atoms with Crippen LogP contribution in [0.2, 0.25) is 0 Å². The lowest BCUT2D eigenvalue weighted by Gasteiger charge is -2.36. The molecule has 2 heterocycles. The quantitative estimate of drug-likeness (QED) is 0.715. The van der Waals surface area contributed by atoms with Crippen LogP contribution in [0.25, 0.3) is 0 Å². The molecule has 1 aromatic heterocycles. The molecule has 110 valence electrons. The van der Waals surface area contributed by atoms with Crippen molar-refractivity contribution in [2.24, 2.45) is 0 Å². The Morgan fingerprint density at radius 3 is 2.70 bits per heavy atom. The lowest BCUT2D eigenvalue weighted by atomic mass is 10.1. The maximum absolute atomic E-state index is 12.6. The highest BCUT2D eigenvalue weighted by atomic mass is 16.5. The van der Waals surface area contributed by atoms with Crippen LogP contribution in [0.5, 0.6) is 11.8 Å². The second-order valence-corrected chi connectivity index (χ2v) is 4.89. The molecule has 0 radical (unpaired) electrons. The predicted octanol–water partition coefficient (Wildman–Crippen LogP) is -0.0777. The van der Waals surface area contributed by atoms with E-state index in [2.05, 4.69) is 14.9 Å². The molecule has 20 heavy (non-hydrogen) atoms. The number of piperazine rings is 1. The lowest BCUT2D eigenvalue weighted by Crippen LogP contribution is -2.53. The van der Waals surface area contributed by atoms with Gasteiger partial charge in [-0.05, 0) is 14.1 Å². The summed E-state index contributed by atoms with van der Waals surface area (Å²) in [6.45, 7) is 2.47. The van der Waals surface area contributed by atoms with Crippen LogP contribution < -0.4 is 9.47 Å². The smallest absolute Gasteiger partial charge is 0.246 e. The van der Waals surface area contributed by atoms with Crippen molar-refractivity contribution in [3.8, 4) is 11.8 Å². The number of carbonyl (C=O) groups is 1. The summed E-state index contributed by atoms with van der Waals surface area (Å²) in [6, 6.07) is -0.231. The van der Waals surface area contributed by atoms with E-state index in [4.69, 9.17) is 9.47 Å². The Morgan fingerprint density at radius 2 is 2.05 bits per heavy atom. The lowest BCUT2D eigenvalue weighted by molar-refractivity contribution is 0.0677. The number of ether oxygens (including phenoxy) is 2. The van der Waals surface area contributed by atoms with Gasteiger partial charge in [-0.3, -0.25) is 9.69 Å². The standard InChI is InChI=1S/C13H20N4O3/c1-16-5-6-17(2)9(8-16)12(18)11-13(20-4)15-10(19-3)7-14-11/h7,9H,5-6,8H2,1-4H3. The second kappa shape index (κ2) is 6.15. The molecule has 0 bridgehead atoms. The molecule has 0 N–H and O–H groups in total. The van der Waals surface area contributed by atoms with Crippen molar-refractivity contribution in [3.63, 3.8) is 0 Å². The number of hydrogen-bond acceptors (Lipinski definition) is 7. The third-order valence-corrected chi connectivity index (χ3v) is 3.51. The molecule has 1 atom stereocenters. The van der Waals surface area contributed by atoms with Gasteiger partial charge in [0.2, 0.25) is 17.5 Å². The van der Waals surface area contributed by atoms with Gasteiger partial charge in [0.25, 0.3) is 0 Å². The van der Waals surface area contributed by atoms with Crippen LogP contribution in [-0.2, 0) is 0 Å². The first kappa shape index (κ1) is 14.7. The number of rotatable bonds is 4. The number of likely N-dealkylation sites (N-methyl/N-ethyl adjacent to an activating group) is 2. The summed E-state index contributed by atoms with van der Waals surface area (Å²) in [6.07, 6.45) is 1.43. The van der Waals surface area contributed by atoms with Gasteiger partial charge in [0.15, 0.2) is 5.69 Å². The molecule has 0 amide bonds. The fourth-order valence-electron chi connectivity index (χ4n) is 2.22. The molecule has 1 unspecified atom stereocenters. The summed E-state index contributed by atoms with van der Waals surface area (Å²) < 4.78 is 10.1. The minimum Gasteiger partial charge on any atom is -0.480 e. The molecular formula is C13H20N4O3. The molecule has 0 aromatic carbocycles. The summed E-state index contributed by atoms with van der Waals surface area (Å²) in [4.78, 5) is 25.1. The molecule has 0 spiro atoms. The third kappa shape index (κ3) is 2.88. The molecule has 0 saturated carbocycles. The van der Waals surface area contributed by atoms with Crippen molar-refractivity contribution in [1.29, 1.82) is 0 Å². The first-order valence-electron chi connectivity index (χ1n) is 6.44. The molecular weight excluding hydrogens is 260 g/mol. The second-order valence-electron chi connectivity index (χ2n) is 4.89. The van der Waals surface area contributed by atoms with Gasteiger partial charge in [-0.1, -0.05) is 0 Å². The number of hydrogen-bond donors (Lipinski definition) is 0. The Balaban J connectivity index is 2.28. The molecule has 2 rings (SSSR count). The van der Waals surface area contributed by atoms with E-state index < -0.39 is 0 Å². The van der Waals surface area contributed by atoms with Gasteiger partial charge in [-0.15, -0.1) is 0 Å². The third-order valence-electron chi connectivity index (χ3n) is 3.51. The number of methoxy groups -OCH3 is 2. The van der Waals surface area contributed by atoms with E-state index in [-0.39, 0.29) is 23.4 Å². The zero-order chi connectivity index (χ0) is 14.7. The number of ketones is 1. The Hall–Kier alpha value is -1.73. The van der Waals surface area contributed by atoms with E-state index >= 15 is 0 Å². The van der Waals surface area contributed by atoms with Crippen LogP contribution in [0, 0.1) is 0 Å². The summed E-state index contributed by atoms with van der Waals surface area (Å²) >= 11 is 0. The van der Waals surface area contributed by atoms with Crippen LogP contribution in [0.3, 0.4) is 0 Å². The Morgan fingerprint density at radius 1 is 1.30 bits per heavy atom. The molecule has 0 aliphatic carbocycles. The predicted molar refractivity (Wildman–Crippen MR) is 73.4 cm³/mol. The van der Waals surface area contributed by atoms with Crippen molar-refractivity contribution < 1.29 is 14.3 Å². The molecule has 1 aliphatic heterocycles. The van der Waals surface area contributed by atoms with E-state index in [0.29, 0.717) is 12.4 Å². The molecule has 7 nitrogen and oxygen atoms in total. The number of Topliss-reactive ketones (excluding diaryl/α,β-unsaturated/α-hetero) is 1. The molecule has 7 heteroatoms. The van der Waals surface area contributed by atoms with Gasteiger partial charge >= 0.3 is 0 Å². The van der Waals surface area contributed by atoms with Crippen LogP contribution in [0.15, 0.2) is 6.20 Å². The minimum atomic E-state index is -0.231.